The number of carbonyl (C=O) groups excluding carboxylic acids is 1. The number of nitrogens with one attached hydrogen (secondary N) is 2. The Bertz CT molecular complexity index is 742. The molecule has 0 aliphatic heterocycles. The van der Waals surface area contributed by atoms with E-state index in [0.717, 1.165) is 5.69 Å². The number of carbonyl (C=O) groups is 1. The summed E-state index contributed by atoms with van der Waals surface area (Å²) >= 11 is 0. The summed E-state index contributed by atoms with van der Waals surface area (Å²) in [5, 5.41) is 6.01. The normalized spacial score (nSPS) is 10.8. The van der Waals surface area contributed by atoms with Crippen molar-refractivity contribution < 1.29 is 19.0 Å². The molecule has 0 saturated heterocycles. The van der Waals surface area contributed by atoms with Crippen LogP contribution in [0.3, 0.4) is 0 Å². The zero-order valence-corrected chi connectivity index (χ0v) is 16.0. The molecule has 1 aromatic carbocycles. The molecule has 0 spiro atoms. The number of aromatic nitrogens is 1. The SMILES string of the molecule is COc1cc(Nc2ccc(NC(=O)C(C)(C)C)cn2)cc(OC)c1OC. The predicted octanol–water partition coefficient (Wildman–Crippen LogP) is 3.84. The standard InChI is InChI=1S/C19H25N3O4/c1-19(2,3)18(23)22-12-7-8-16(20-11-12)21-13-9-14(24-4)17(26-6)15(10-13)25-5/h7-11H,1-6H3,(H,20,21)(H,22,23). The number of pyridine rings is 1. The zero-order chi connectivity index (χ0) is 19.3. The quantitative estimate of drug-likeness (QED) is 0.816. The van der Waals surface area contributed by atoms with Gasteiger partial charge in [-0.1, -0.05) is 20.8 Å². The highest BCUT2D eigenvalue weighted by atomic mass is 16.5. The molecule has 26 heavy (non-hydrogen) atoms. The number of ether oxygens (including phenoxy) is 3. The number of rotatable bonds is 6. The Morgan fingerprint density at radius 1 is 0.962 bits per heavy atom. The highest BCUT2D eigenvalue weighted by molar-refractivity contribution is 5.94. The summed E-state index contributed by atoms with van der Waals surface area (Å²) < 4.78 is 16.0. The van der Waals surface area contributed by atoms with Crippen molar-refractivity contribution in [3.63, 3.8) is 0 Å². The summed E-state index contributed by atoms with van der Waals surface area (Å²) in [5.41, 5.74) is 0.909. The minimum atomic E-state index is -0.465. The molecule has 7 nitrogen and oxygen atoms in total. The molecular weight excluding hydrogens is 334 g/mol. The molecule has 140 valence electrons. The highest BCUT2D eigenvalue weighted by Crippen LogP contribution is 2.40. The third-order valence-electron chi connectivity index (χ3n) is 3.64. The summed E-state index contributed by atoms with van der Waals surface area (Å²) in [7, 11) is 4.68. The van der Waals surface area contributed by atoms with Crippen LogP contribution in [0.15, 0.2) is 30.5 Å². The van der Waals surface area contributed by atoms with Gasteiger partial charge >= 0.3 is 0 Å². The Hall–Kier alpha value is -2.96. The fourth-order valence-corrected chi connectivity index (χ4v) is 2.16. The van der Waals surface area contributed by atoms with Gasteiger partial charge in [0.05, 0.1) is 33.2 Å². The van der Waals surface area contributed by atoms with Crippen LogP contribution in [0.25, 0.3) is 0 Å². The molecule has 7 heteroatoms. The van der Waals surface area contributed by atoms with Crippen LogP contribution < -0.4 is 24.8 Å². The second kappa shape index (κ2) is 7.95. The number of methoxy groups -OCH3 is 3. The van der Waals surface area contributed by atoms with Crippen LogP contribution in [0.1, 0.15) is 20.8 Å². The van der Waals surface area contributed by atoms with Gasteiger partial charge in [-0.2, -0.15) is 0 Å². The van der Waals surface area contributed by atoms with Crippen molar-refractivity contribution in [3.8, 4) is 17.2 Å². The third kappa shape index (κ3) is 4.56. The molecule has 0 saturated carbocycles. The largest absolute Gasteiger partial charge is 0.493 e. The lowest BCUT2D eigenvalue weighted by atomic mass is 9.96. The molecule has 0 fully saturated rings. The van der Waals surface area contributed by atoms with Gasteiger partial charge in [0.1, 0.15) is 5.82 Å². The Morgan fingerprint density at radius 2 is 1.58 bits per heavy atom. The van der Waals surface area contributed by atoms with Crippen LogP contribution in [0.5, 0.6) is 17.2 Å². The van der Waals surface area contributed by atoms with Crippen LogP contribution in [0.4, 0.5) is 17.2 Å². The average Bonchev–Trinajstić information content (AvgIpc) is 2.61. The summed E-state index contributed by atoms with van der Waals surface area (Å²) in [6, 6.07) is 7.15. The van der Waals surface area contributed by atoms with Gasteiger partial charge in [0.25, 0.3) is 0 Å². The van der Waals surface area contributed by atoms with Gasteiger partial charge in [-0.25, -0.2) is 4.98 Å². The lowest BCUT2D eigenvalue weighted by molar-refractivity contribution is -0.123. The lowest BCUT2D eigenvalue weighted by Crippen LogP contribution is -2.27. The Kier molecular flexibility index (Phi) is 5.92. The fraction of sp³-hybridized carbons (Fsp3) is 0.368. The molecule has 2 rings (SSSR count). The van der Waals surface area contributed by atoms with E-state index in [1.165, 1.54) is 0 Å². The number of nitrogens with zero attached hydrogens (tertiary/aromatic N) is 1. The van der Waals surface area contributed by atoms with E-state index in [4.69, 9.17) is 14.2 Å². The second-order valence-corrected chi connectivity index (χ2v) is 6.68. The summed E-state index contributed by atoms with van der Waals surface area (Å²) in [5.74, 6) is 2.17. The first kappa shape index (κ1) is 19.4. The Balaban J connectivity index is 2.17. The maximum Gasteiger partial charge on any atom is 0.229 e. The fourth-order valence-electron chi connectivity index (χ4n) is 2.16. The molecular formula is C19H25N3O4. The van der Waals surface area contributed by atoms with Crippen LogP contribution in [0, 0.1) is 5.41 Å². The number of amides is 1. The van der Waals surface area contributed by atoms with Gasteiger partial charge in [-0.15, -0.1) is 0 Å². The van der Waals surface area contributed by atoms with Crippen molar-refractivity contribution in [2.75, 3.05) is 32.0 Å². The van der Waals surface area contributed by atoms with Gasteiger partial charge in [-0.3, -0.25) is 4.79 Å². The van der Waals surface area contributed by atoms with Crippen molar-refractivity contribution >= 4 is 23.1 Å². The van der Waals surface area contributed by atoms with Crippen molar-refractivity contribution in [1.29, 1.82) is 0 Å². The summed E-state index contributed by atoms with van der Waals surface area (Å²) in [6.07, 6.45) is 1.60. The van der Waals surface area contributed by atoms with E-state index in [2.05, 4.69) is 15.6 Å². The van der Waals surface area contributed by atoms with Crippen LogP contribution in [-0.4, -0.2) is 32.2 Å². The van der Waals surface area contributed by atoms with Crippen LogP contribution >= 0.6 is 0 Å². The first-order valence-corrected chi connectivity index (χ1v) is 8.13. The molecule has 1 aromatic heterocycles. The van der Waals surface area contributed by atoms with Crippen molar-refractivity contribution in [2.24, 2.45) is 5.41 Å². The summed E-state index contributed by atoms with van der Waals surface area (Å²) in [4.78, 5) is 16.3. The van der Waals surface area contributed by atoms with Gasteiger partial charge < -0.3 is 24.8 Å². The van der Waals surface area contributed by atoms with E-state index in [1.807, 2.05) is 20.8 Å². The molecule has 1 heterocycles. The van der Waals surface area contributed by atoms with Gasteiger partial charge in [0, 0.05) is 23.2 Å². The number of hydrogen-bond acceptors (Lipinski definition) is 6. The molecule has 0 unspecified atom stereocenters. The maximum atomic E-state index is 12.0. The number of benzene rings is 1. The van der Waals surface area contributed by atoms with E-state index in [0.29, 0.717) is 28.8 Å². The van der Waals surface area contributed by atoms with Crippen molar-refractivity contribution in [3.05, 3.63) is 30.5 Å². The summed E-state index contributed by atoms with van der Waals surface area (Å²) in [6.45, 7) is 5.57. The number of hydrogen-bond donors (Lipinski definition) is 2. The predicted molar refractivity (Wildman–Crippen MR) is 102 cm³/mol. The van der Waals surface area contributed by atoms with E-state index in [-0.39, 0.29) is 5.91 Å². The maximum absolute atomic E-state index is 12.0. The van der Waals surface area contributed by atoms with E-state index >= 15 is 0 Å². The number of anilines is 3. The average molecular weight is 359 g/mol. The highest BCUT2D eigenvalue weighted by Gasteiger charge is 2.21. The second-order valence-electron chi connectivity index (χ2n) is 6.68. The molecule has 1 amide bonds. The van der Waals surface area contributed by atoms with Gasteiger partial charge in [0.15, 0.2) is 11.5 Å². The smallest absolute Gasteiger partial charge is 0.229 e. The molecule has 0 bridgehead atoms. The zero-order valence-electron chi connectivity index (χ0n) is 16.0. The Labute approximate surface area is 153 Å². The topological polar surface area (TPSA) is 81.7 Å². The van der Waals surface area contributed by atoms with E-state index in [9.17, 15) is 4.79 Å². The minimum absolute atomic E-state index is 0.0652. The molecule has 2 N–H and O–H groups in total. The lowest BCUT2D eigenvalue weighted by Gasteiger charge is -2.17. The first-order valence-electron chi connectivity index (χ1n) is 8.13. The van der Waals surface area contributed by atoms with Crippen molar-refractivity contribution in [1.82, 2.24) is 4.98 Å². The monoisotopic (exact) mass is 359 g/mol. The molecule has 0 aliphatic rings. The molecule has 0 atom stereocenters. The van der Waals surface area contributed by atoms with Crippen molar-refractivity contribution in [2.45, 2.75) is 20.8 Å². The molecule has 0 radical (unpaired) electrons. The van der Waals surface area contributed by atoms with Crippen LogP contribution in [-0.2, 0) is 4.79 Å². The Morgan fingerprint density at radius 3 is 2.00 bits per heavy atom. The van der Waals surface area contributed by atoms with E-state index < -0.39 is 5.41 Å². The first-order chi connectivity index (χ1) is 12.3. The minimum Gasteiger partial charge on any atom is -0.493 e. The molecule has 2 aromatic rings. The van der Waals surface area contributed by atoms with E-state index in [1.54, 1.807) is 51.8 Å². The van der Waals surface area contributed by atoms with Gasteiger partial charge in [-0.05, 0) is 12.1 Å². The third-order valence-corrected chi connectivity index (χ3v) is 3.64. The van der Waals surface area contributed by atoms with Gasteiger partial charge in [0.2, 0.25) is 11.7 Å². The molecule has 0 aliphatic carbocycles. The van der Waals surface area contributed by atoms with Crippen LogP contribution in [0.2, 0.25) is 0 Å².